The number of hydrogen-bond acceptors (Lipinski definition) is 2. The largest absolute Gasteiger partial charge is 0.337 e. The number of hydrogen-bond donors (Lipinski definition) is 3. The smallest absolute Gasteiger partial charge is 0.319 e. The minimum Gasteiger partial charge on any atom is -0.337 e. The van der Waals surface area contributed by atoms with Gasteiger partial charge in [0.2, 0.25) is 0 Å². The second-order valence-corrected chi connectivity index (χ2v) is 6.67. The van der Waals surface area contributed by atoms with Gasteiger partial charge in [0.15, 0.2) is 0 Å². The molecule has 21 heavy (non-hydrogen) atoms. The molecule has 0 spiro atoms. The number of anilines is 1. The maximum Gasteiger partial charge on any atom is 0.319 e. The molecule has 0 heterocycles. The van der Waals surface area contributed by atoms with Crippen LogP contribution in [-0.2, 0) is 0 Å². The van der Waals surface area contributed by atoms with Crippen LogP contribution in [0.3, 0.4) is 0 Å². The van der Waals surface area contributed by atoms with Crippen molar-refractivity contribution in [3.05, 3.63) is 29.8 Å². The number of rotatable bonds is 6. The van der Waals surface area contributed by atoms with Gasteiger partial charge in [-0.15, -0.1) is 0 Å². The molecule has 2 amide bonds. The summed E-state index contributed by atoms with van der Waals surface area (Å²) in [4.78, 5) is 11.9. The van der Waals surface area contributed by atoms with Crippen molar-refractivity contribution in [1.82, 2.24) is 10.6 Å². The van der Waals surface area contributed by atoms with Gasteiger partial charge in [-0.05, 0) is 43.0 Å². The molecule has 4 heteroatoms. The average Bonchev–Trinajstić information content (AvgIpc) is 2.42. The van der Waals surface area contributed by atoms with Gasteiger partial charge in [-0.3, -0.25) is 0 Å². The van der Waals surface area contributed by atoms with E-state index < -0.39 is 0 Å². The third-order valence-corrected chi connectivity index (χ3v) is 3.12. The molecule has 0 fully saturated rings. The lowest BCUT2D eigenvalue weighted by Crippen LogP contribution is -2.35. The molecule has 4 nitrogen and oxygen atoms in total. The predicted molar refractivity (Wildman–Crippen MR) is 89.6 cm³/mol. The first-order chi connectivity index (χ1) is 9.81. The molecule has 118 valence electrons. The molecular weight excluding hydrogens is 262 g/mol. The standard InChI is InChI=1S/C17H29N3O/c1-6-10-18-13(2)14-8-7-9-15(11-14)20-16(21)19-12-17(3,4)5/h7-9,11,13,18H,6,10,12H2,1-5H3,(H2,19,20,21). The van der Waals surface area contributed by atoms with E-state index in [1.54, 1.807) is 0 Å². The molecule has 0 aliphatic rings. The second kappa shape index (κ2) is 8.03. The van der Waals surface area contributed by atoms with Crippen molar-refractivity contribution in [2.75, 3.05) is 18.4 Å². The van der Waals surface area contributed by atoms with Gasteiger partial charge in [0.25, 0.3) is 0 Å². The monoisotopic (exact) mass is 291 g/mol. The Morgan fingerprint density at radius 2 is 2.00 bits per heavy atom. The van der Waals surface area contributed by atoms with E-state index in [0.717, 1.165) is 18.7 Å². The van der Waals surface area contributed by atoms with E-state index in [0.29, 0.717) is 6.54 Å². The minimum absolute atomic E-state index is 0.0811. The van der Waals surface area contributed by atoms with Crippen LogP contribution in [0.15, 0.2) is 24.3 Å². The van der Waals surface area contributed by atoms with Crippen LogP contribution < -0.4 is 16.0 Å². The van der Waals surface area contributed by atoms with Crippen LogP contribution in [-0.4, -0.2) is 19.1 Å². The third-order valence-electron chi connectivity index (χ3n) is 3.12. The van der Waals surface area contributed by atoms with Crippen LogP contribution in [0.5, 0.6) is 0 Å². The number of benzene rings is 1. The summed E-state index contributed by atoms with van der Waals surface area (Å²) in [5.74, 6) is 0. The molecule has 0 aliphatic carbocycles. The Labute approximate surface area is 128 Å². The molecule has 3 N–H and O–H groups in total. The van der Waals surface area contributed by atoms with Crippen LogP contribution in [0.25, 0.3) is 0 Å². The lowest BCUT2D eigenvalue weighted by molar-refractivity contribution is 0.247. The topological polar surface area (TPSA) is 53.2 Å². The maximum atomic E-state index is 11.9. The fourth-order valence-electron chi connectivity index (χ4n) is 1.89. The summed E-state index contributed by atoms with van der Waals surface area (Å²) in [5.41, 5.74) is 2.08. The summed E-state index contributed by atoms with van der Waals surface area (Å²) >= 11 is 0. The first-order valence-electron chi connectivity index (χ1n) is 7.70. The van der Waals surface area contributed by atoms with Gasteiger partial charge < -0.3 is 16.0 Å². The molecule has 1 atom stereocenters. The molecule has 1 aromatic carbocycles. The number of urea groups is 1. The highest BCUT2D eigenvalue weighted by atomic mass is 16.2. The molecule has 0 aliphatic heterocycles. The molecule has 1 unspecified atom stereocenters. The van der Waals surface area contributed by atoms with Gasteiger partial charge in [0.05, 0.1) is 0 Å². The zero-order valence-electron chi connectivity index (χ0n) is 13.9. The van der Waals surface area contributed by atoms with E-state index in [2.05, 4.69) is 56.6 Å². The SMILES string of the molecule is CCCNC(C)c1cccc(NC(=O)NCC(C)(C)C)c1. The molecule has 0 aromatic heterocycles. The van der Waals surface area contributed by atoms with Crippen molar-refractivity contribution < 1.29 is 4.79 Å². The summed E-state index contributed by atoms with van der Waals surface area (Å²) in [7, 11) is 0. The van der Waals surface area contributed by atoms with Gasteiger partial charge in [-0.1, -0.05) is 39.8 Å². The Balaban J connectivity index is 2.58. The van der Waals surface area contributed by atoms with Gasteiger partial charge in [-0.2, -0.15) is 0 Å². The maximum absolute atomic E-state index is 11.9. The molecule has 0 bridgehead atoms. The highest BCUT2D eigenvalue weighted by Gasteiger charge is 2.12. The quantitative estimate of drug-likeness (QED) is 0.744. The van der Waals surface area contributed by atoms with Gasteiger partial charge in [-0.25, -0.2) is 4.79 Å². The van der Waals surface area contributed by atoms with Crippen molar-refractivity contribution >= 4 is 11.7 Å². The Morgan fingerprint density at radius 1 is 1.29 bits per heavy atom. The van der Waals surface area contributed by atoms with E-state index in [-0.39, 0.29) is 17.5 Å². The summed E-state index contributed by atoms with van der Waals surface area (Å²) in [6.07, 6.45) is 1.11. The number of nitrogens with one attached hydrogen (secondary N) is 3. The zero-order chi connectivity index (χ0) is 15.9. The van der Waals surface area contributed by atoms with E-state index in [9.17, 15) is 4.79 Å². The summed E-state index contributed by atoms with van der Waals surface area (Å²) in [6, 6.07) is 8.10. The van der Waals surface area contributed by atoms with E-state index in [1.165, 1.54) is 5.56 Å². The first-order valence-corrected chi connectivity index (χ1v) is 7.70. The van der Waals surface area contributed by atoms with Crippen LogP contribution >= 0.6 is 0 Å². The summed E-state index contributed by atoms with van der Waals surface area (Å²) in [6.45, 7) is 12.2. The number of amides is 2. The van der Waals surface area contributed by atoms with Crippen molar-refractivity contribution in [2.24, 2.45) is 5.41 Å². The van der Waals surface area contributed by atoms with Crippen LogP contribution in [0.1, 0.15) is 52.6 Å². The minimum atomic E-state index is -0.156. The predicted octanol–water partition coefficient (Wildman–Crippen LogP) is 3.91. The number of carbonyl (C=O) groups is 1. The van der Waals surface area contributed by atoms with Crippen LogP contribution in [0.2, 0.25) is 0 Å². The summed E-state index contributed by atoms with van der Waals surface area (Å²) in [5, 5.41) is 9.22. The van der Waals surface area contributed by atoms with E-state index in [4.69, 9.17) is 0 Å². The lowest BCUT2D eigenvalue weighted by atomic mass is 9.97. The molecule has 0 radical (unpaired) electrons. The summed E-state index contributed by atoms with van der Waals surface area (Å²) < 4.78 is 0. The van der Waals surface area contributed by atoms with Crippen molar-refractivity contribution in [3.63, 3.8) is 0 Å². The van der Waals surface area contributed by atoms with Gasteiger partial charge in [0.1, 0.15) is 0 Å². The molecule has 1 rings (SSSR count). The number of carbonyl (C=O) groups excluding carboxylic acids is 1. The average molecular weight is 291 g/mol. The Bertz CT molecular complexity index is 452. The normalized spacial score (nSPS) is 12.8. The first kappa shape index (κ1) is 17.5. The van der Waals surface area contributed by atoms with Gasteiger partial charge >= 0.3 is 6.03 Å². The zero-order valence-corrected chi connectivity index (χ0v) is 13.9. The van der Waals surface area contributed by atoms with Crippen molar-refractivity contribution in [1.29, 1.82) is 0 Å². The second-order valence-electron chi connectivity index (χ2n) is 6.67. The highest BCUT2D eigenvalue weighted by Crippen LogP contribution is 2.17. The van der Waals surface area contributed by atoms with Crippen molar-refractivity contribution in [3.8, 4) is 0 Å². The third kappa shape index (κ3) is 7.14. The highest BCUT2D eigenvalue weighted by molar-refractivity contribution is 5.89. The van der Waals surface area contributed by atoms with Gasteiger partial charge in [0, 0.05) is 18.3 Å². The Morgan fingerprint density at radius 3 is 2.62 bits per heavy atom. The van der Waals surface area contributed by atoms with Crippen molar-refractivity contribution in [2.45, 2.75) is 47.1 Å². The fourth-order valence-corrected chi connectivity index (χ4v) is 1.89. The molecular formula is C17H29N3O. The van der Waals surface area contributed by atoms with E-state index >= 15 is 0 Å². The van der Waals surface area contributed by atoms with E-state index in [1.807, 2.05) is 18.2 Å². The molecule has 0 saturated heterocycles. The molecule has 0 saturated carbocycles. The van der Waals surface area contributed by atoms with Crippen LogP contribution in [0, 0.1) is 5.41 Å². The van der Waals surface area contributed by atoms with Crippen LogP contribution in [0.4, 0.5) is 10.5 Å². The fraction of sp³-hybridized carbons (Fsp3) is 0.588. The molecule has 1 aromatic rings. The lowest BCUT2D eigenvalue weighted by Gasteiger charge is -2.19. The Kier molecular flexibility index (Phi) is 6.69. The Hall–Kier alpha value is -1.55.